The average molecular weight is 296 g/mol. The van der Waals surface area contributed by atoms with Gasteiger partial charge in [0.05, 0.1) is 13.5 Å². The van der Waals surface area contributed by atoms with Gasteiger partial charge in [-0.25, -0.2) is 0 Å². The van der Waals surface area contributed by atoms with Crippen molar-refractivity contribution in [3.8, 4) is 0 Å². The predicted molar refractivity (Wildman–Crippen MR) is 64.6 cm³/mol. The highest BCUT2D eigenvalue weighted by Gasteiger charge is 2.35. The molecule has 0 radical (unpaired) electrons. The van der Waals surface area contributed by atoms with Crippen LogP contribution in [0.15, 0.2) is 0 Å². The van der Waals surface area contributed by atoms with Crippen molar-refractivity contribution in [1.82, 2.24) is 4.90 Å². The van der Waals surface area contributed by atoms with E-state index in [4.69, 9.17) is 5.73 Å². The van der Waals surface area contributed by atoms with E-state index >= 15 is 0 Å². The lowest BCUT2D eigenvalue weighted by Crippen LogP contribution is -2.42. The Morgan fingerprint density at radius 3 is 2.45 bits per heavy atom. The molecule has 1 rings (SSSR count). The molecule has 0 aromatic heterocycles. The number of hydrogen-bond acceptors (Lipinski definition) is 4. The van der Waals surface area contributed by atoms with Crippen LogP contribution >= 0.6 is 0 Å². The number of alkyl halides is 3. The van der Waals surface area contributed by atoms with Crippen LogP contribution in [0.3, 0.4) is 0 Å². The molecular formula is C12H19F3N2O3. The van der Waals surface area contributed by atoms with Gasteiger partial charge in [-0.15, -0.1) is 0 Å². The second-order valence-corrected chi connectivity index (χ2v) is 4.96. The SMILES string of the molecule is COC(=O)CCN(CC(F)(F)F)C(=O)CC(N)C1CC1. The van der Waals surface area contributed by atoms with E-state index in [0.717, 1.165) is 20.0 Å². The van der Waals surface area contributed by atoms with Gasteiger partial charge in [-0.2, -0.15) is 13.2 Å². The predicted octanol–water partition coefficient (Wildman–Crippen LogP) is 1.07. The first-order valence-electron chi connectivity index (χ1n) is 6.40. The van der Waals surface area contributed by atoms with Crippen molar-refractivity contribution < 1.29 is 27.5 Å². The molecule has 2 N–H and O–H groups in total. The molecule has 0 aromatic carbocycles. The maximum Gasteiger partial charge on any atom is 0.406 e. The molecule has 0 spiro atoms. The third-order valence-corrected chi connectivity index (χ3v) is 3.17. The number of esters is 1. The number of carbonyl (C=O) groups excluding carboxylic acids is 2. The summed E-state index contributed by atoms with van der Waals surface area (Å²) in [6, 6.07) is -0.406. The maximum absolute atomic E-state index is 12.4. The first-order chi connectivity index (χ1) is 9.23. The highest BCUT2D eigenvalue weighted by atomic mass is 19.4. The van der Waals surface area contributed by atoms with Gasteiger partial charge in [0.2, 0.25) is 5.91 Å². The zero-order valence-electron chi connectivity index (χ0n) is 11.3. The molecule has 1 atom stereocenters. The van der Waals surface area contributed by atoms with E-state index in [-0.39, 0.29) is 25.3 Å². The molecule has 1 unspecified atom stereocenters. The minimum absolute atomic E-state index is 0.123. The number of halogens is 3. The molecule has 1 fully saturated rings. The smallest absolute Gasteiger partial charge is 0.406 e. The van der Waals surface area contributed by atoms with Crippen molar-refractivity contribution in [2.45, 2.75) is 37.9 Å². The van der Waals surface area contributed by atoms with Crippen LogP contribution in [0.4, 0.5) is 13.2 Å². The number of rotatable bonds is 7. The molecule has 1 aliphatic rings. The number of nitrogens with two attached hydrogens (primary N) is 1. The zero-order chi connectivity index (χ0) is 15.3. The Bertz CT molecular complexity index is 356. The van der Waals surface area contributed by atoms with Crippen LogP contribution in [0.25, 0.3) is 0 Å². The lowest BCUT2D eigenvalue weighted by atomic mass is 10.1. The minimum Gasteiger partial charge on any atom is -0.469 e. The number of carbonyl (C=O) groups is 2. The quantitative estimate of drug-likeness (QED) is 0.713. The van der Waals surface area contributed by atoms with Gasteiger partial charge < -0.3 is 15.4 Å². The number of methoxy groups -OCH3 is 1. The van der Waals surface area contributed by atoms with Gasteiger partial charge in [0.1, 0.15) is 6.54 Å². The Hall–Kier alpha value is -1.31. The van der Waals surface area contributed by atoms with Gasteiger partial charge in [0.25, 0.3) is 0 Å². The van der Waals surface area contributed by atoms with Crippen molar-refractivity contribution in [1.29, 1.82) is 0 Å². The summed E-state index contributed by atoms with van der Waals surface area (Å²) in [6.45, 7) is -1.69. The van der Waals surface area contributed by atoms with E-state index in [1.807, 2.05) is 0 Å². The highest BCUT2D eigenvalue weighted by molar-refractivity contribution is 5.78. The second-order valence-electron chi connectivity index (χ2n) is 4.96. The number of ether oxygens (including phenoxy) is 1. The van der Waals surface area contributed by atoms with Gasteiger partial charge in [0, 0.05) is 19.0 Å². The summed E-state index contributed by atoms with van der Waals surface area (Å²) >= 11 is 0. The number of amides is 1. The van der Waals surface area contributed by atoms with Crippen molar-refractivity contribution >= 4 is 11.9 Å². The van der Waals surface area contributed by atoms with Crippen LogP contribution in [0.2, 0.25) is 0 Å². The molecule has 0 aliphatic heterocycles. The van der Waals surface area contributed by atoms with E-state index in [9.17, 15) is 22.8 Å². The molecule has 0 heterocycles. The van der Waals surface area contributed by atoms with E-state index in [0.29, 0.717) is 4.90 Å². The Kier molecular flexibility index (Phi) is 5.79. The van der Waals surface area contributed by atoms with Gasteiger partial charge in [0.15, 0.2) is 0 Å². The standard InChI is InChI=1S/C12H19F3N2O3/c1-20-11(19)4-5-17(7-12(13,14)15)10(18)6-9(16)8-2-3-8/h8-9H,2-7,16H2,1H3. The van der Waals surface area contributed by atoms with E-state index in [1.54, 1.807) is 0 Å². The molecule has 0 bridgehead atoms. The molecule has 1 amide bonds. The van der Waals surface area contributed by atoms with E-state index in [1.165, 1.54) is 0 Å². The van der Waals surface area contributed by atoms with Gasteiger partial charge in [-0.3, -0.25) is 9.59 Å². The Balaban J connectivity index is 2.54. The van der Waals surface area contributed by atoms with Gasteiger partial charge >= 0.3 is 12.1 Å². The molecule has 8 heteroatoms. The summed E-state index contributed by atoms with van der Waals surface area (Å²) in [4.78, 5) is 23.5. The van der Waals surface area contributed by atoms with Gasteiger partial charge in [-0.1, -0.05) is 0 Å². The molecule has 20 heavy (non-hydrogen) atoms. The lowest BCUT2D eigenvalue weighted by molar-refractivity contribution is -0.163. The molecule has 1 aliphatic carbocycles. The Morgan fingerprint density at radius 2 is 2.00 bits per heavy atom. The fraction of sp³-hybridized carbons (Fsp3) is 0.833. The second kappa shape index (κ2) is 6.92. The van der Waals surface area contributed by atoms with E-state index in [2.05, 4.69) is 4.74 Å². The van der Waals surface area contributed by atoms with E-state index < -0.39 is 30.6 Å². The van der Waals surface area contributed by atoms with Crippen molar-refractivity contribution in [3.05, 3.63) is 0 Å². The lowest BCUT2D eigenvalue weighted by Gasteiger charge is -2.25. The molecular weight excluding hydrogens is 277 g/mol. The average Bonchev–Trinajstić information content (AvgIpc) is 3.16. The molecule has 1 saturated carbocycles. The summed E-state index contributed by atoms with van der Waals surface area (Å²) in [5.74, 6) is -1.10. The van der Waals surface area contributed by atoms with Crippen LogP contribution in [-0.4, -0.2) is 49.2 Å². The van der Waals surface area contributed by atoms with Crippen molar-refractivity contribution in [3.63, 3.8) is 0 Å². The molecule has 116 valence electrons. The van der Waals surface area contributed by atoms with Gasteiger partial charge in [-0.05, 0) is 18.8 Å². The number of nitrogens with zero attached hydrogens (tertiary/aromatic N) is 1. The third kappa shape index (κ3) is 6.23. The normalized spacial score (nSPS) is 16.6. The fourth-order valence-electron chi connectivity index (χ4n) is 1.86. The third-order valence-electron chi connectivity index (χ3n) is 3.17. The highest BCUT2D eigenvalue weighted by Crippen LogP contribution is 2.33. The van der Waals surface area contributed by atoms with Crippen LogP contribution < -0.4 is 5.73 Å². The van der Waals surface area contributed by atoms with Crippen molar-refractivity contribution in [2.24, 2.45) is 11.7 Å². The van der Waals surface area contributed by atoms with Crippen LogP contribution in [0, 0.1) is 5.92 Å². The first-order valence-corrected chi connectivity index (χ1v) is 6.40. The Morgan fingerprint density at radius 1 is 1.40 bits per heavy atom. The van der Waals surface area contributed by atoms with Crippen LogP contribution in [0.1, 0.15) is 25.7 Å². The summed E-state index contributed by atoms with van der Waals surface area (Å²) in [5, 5.41) is 0. The van der Waals surface area contributed by atoms with Crippen LogP contribution in [0.5, 0.6) is 0 Å². The zero-order valence-corrected chi connectivity index (χ0v) is 11.3. The fourth-order valence-corrected chi connectivity index (χ4v) is 1.86. The molecule has 5 nitrogen and oxygen atoms in total. The van der Waals surface area contributed by atoms with Crippen LogP contribution in [-0.2, 0) is 14.3 Å². The largest absolute Gasteiger partial charge is 0.469 e. The minimum atomic E-state index is -4.50. The summed E-state index contributed by atoms with van der Waals surface area (Å²) in [6.07, 6.45) is -3.07. The summed E-state index contributed by atoms with van der Waals surface area (Å²) < 4.78 is 41.7. The summed E-state index contributed by atoms with van der Waals surface area (Å²) in [5.41, 5.74) is 5.74. The summed E-state index contributed by atoms with van der Waals surface area (Å²) in [7, 11) is 1.14. The monoisotopic (exact) mass is 296 g/mol. The molecule has 0 aromatic rings. The maximum atomic E-state index is 12.4. The Labute approximate surface area is 115 Å². The number of hydrogen-bond donors (Lipinski definition) is 1. The first kappa shape index (κ1) is 16.7. The van der Waals surface area contributed by atoms with Crippen molar-refractivity contribution in [2.75, 3.05) is 20.2 Å². The topological polar surface area (TPSA) is 72.6 Å². The molecule has 0 saturated heterocycles.